The van der Waals surface area contributed by atoms with E-state index in [9.17, 15) is 9.18 Å². The number of carbonyl (C=O) groups is 1. The first-order valence-corrected chi connectivity index (χ1v) is 6.62. The van der Waals surface area contributed by atoms with Crippen molar-refractivity contribution in [2.45, 2.75) is 25.9 Å². The Balaban J connectivity index is 1.94. The molecule has 2 rings (SSSR count). The largest absolute Gasteiger partial charge is 0.377 e. The number of ether oxygens (including phenoxy) is 1. The summed E-state index contributed by atoms with van der Waals surface area (Å²) in [5.74, 6) is -0.422. The van der Waals surface area contributed by atoms with Crippen LogP contribution in [-0.2, 0) is 4.74 Å². The predicted octanol–water partition coefficient (Wildman–Crippen LogP) is 2.86. The van der Waals surface area contributed by atoms with Gasteiger partial charge in [-0.05, 0) is 31.9 Å². The fraction of sp³-hybridized carbons (Fsp3) is 0.500. The molecule has 1 heterocycles. The van der Waals surface area contributed by atoms with E-state index in [1.54, 1.807) is 23.1 Å². The molecular formula is C14H19FN2O2. The lowest BCUT2D eigenvalue weighted by molar-refractivity contribution is 0.0181. The summed E-state index contributed by atoms with van der Waals surface area (Å²) in [6.45, 7) is 3.84. The fourth-order valence-corrected chi connectivity index (χ4v) is 2.25. The fourth-order valence-electron chi connectivity index (χ4n) is 2.25. The number of hydrogen-bond acceptors (Lipinski definition) is 2. The summed E-state index contributed by atoms with van der Waals surface area (Å²) in [4.78, 5) is 13.7. The molecule has 1 aromatic rings. The van der Waals surface area contributed by atoms with E-state index in [1.165, 1.54) is 6.07 Å². The molecule has 0 aliphatic carbocycles. The zero-order valence-electron chi connectivity index (χ0n) is 11.1. The number of nitrogens with one attached hydrogen (secondary N) is 1. The third kappa shape index (κ3) is 3.67. The average Bonchev–Trinajstić information content (AvgIpc) is 2.42. The van der Waals surface area contributed by atoms with Crippen molar-refractivity contribution in [3.8, 4) is 0 Å². The van der Waals surface area contributed by atoms with Gasteiger partial charge in [0.05, 0.1) is 11.8 Å². The van der Waals surface area contributed by atoms with E-state index < -0.39 is 5.82 Å². The van der Waals surface area contributed by atoms with Crippen LogP contribution in [0.15, 0.2) is 24.3 Å². The maximum absolute atomic E-state index is 13.5. The van der Waals surface area contributed by atoms with Crippen LogP contribution in [0.3, 0.4) is 0 Å². The van der Waals surface area contributed by atoms with Crippen molar-refractivity contribution < 1.29 is 13.9 Å². The Morgan fingerprint density at radius 2 is 2.32 bits per heavy atom. The van der Waals surface area contributed by atoms with E-state index in [4.69, 9.17) is 4.74 Å². The summed E-state index contributed by atoms with van der Waals surface area (Å²) < 4.78 is 19.0. The minimum atomic E-state index is -0.422. The van der Waals surface area contributed by atoms with E-state index in [-0.39, 0.29) is 17.8 Å². The molecule has 2 amide bonds. The van der Waals surface area contributed by atoms with Crippen LogP contribution in [0, 0.1) is 5.82 Å². The van der Waals surface area contributed by atoms with Crippen LogP contribution >= 0.6 is 0 Å². The van der Waals surface area contributed by atoms with Crippen molar-refractivity contribution in [2.24, 2.45) is 0 Å². The molecule has 19 heavy (non-hydrogen) atoms. The first-order chi connectivity index (χ1) is 9.20. The summed E-state index contributed by atoms with van der Waals surface area (Å²) in [5, 5.41) is 2.60. The van der Waals surface area contributed by atoms with Gasteiger partial charge in [-0.3, -0.25) is 0 Å². The Hall–Kier alpha value is -1.62. The number of carbonyl (C=O) groups excluding carboxylic acids is 1. The average molecular weight is 266 g/mol. The van der Waals surface area contributed by atoms with Gasteiger partial charge in [-0.15, -0.1) is 0 Å². The first kappa shape index (κ1) is 13.8. The van der Waals surface area contributed by atoms with Gasteiger partial charge >= 0.3 is 6.03 Å². The second-order valence-corrected chi connectivity index (χ2v) is 4.58. The monoisotopic (exact) mass is 266 g/mol. The number of hydrogen-bond donors (Lipinski definition) is 1. The number of urea groups is 1. The Kier molecular flexibility index (Phi) is 4.74. The van der Waals surface area contributed by atoms with Crippen molar-refractivity contribution >= 4 is 11.7 Å². The van der Waals surface area contributed by atoms with Crippen LogP contribution in [0.2, 0.25) is 0 Å². The molecule has 1 saturated heterocycles. The molecule has 5 heteroatoms. The summed E-state index contributed by atoms with van der Waals surface area (Å²) in [6, 6.07) is 5.90. The summed E-state index contributed by atoms with van der Waals surface area (Å²) in [7, 11) is 0. The maximum Gasteiger partial charge on any atom is 0.322 e. The summed E-state index contributed by atoms with van der Waals surface area (Å²) in [6.07, 6.45) is 1.97. The van der Waals surface area contributed by atoms with Gasteiger partial charge in [0.15, 0.2) is 0 Å². The lowest BCUT2D eigenvalue weighted by Gasteiger charge is -2.32. The number of likely N-dealkylation sites (tertiary alicyclic amines) is 1. The van der Waals surface area contributed by atoms with Crippen molar-refractivity contribution in [2.75, 3.05) is 25.0 Å². The first-order valence-electron chi connectivity index (χ1n) is 6.62. The van der Waals surface area contributed by atoms with Crippen molar-refractivity contribution in [3.05, 3.63) is 30.1 Å². The van der Waals surface area contributed by atoms with Gasteiger partial charge < -0.3 is 15.0 Å². The van der Waals surface area contributed by atoms with Gasteiger partial charge in [-0.1, -0.05) is 12.1 Å². The standard InChI is InChI=1S/C14H19FN2O2/c1-2-19-11-6-5-9-17(10-11)14(18)16-13-8-4-3-7-12(13)15/h3-4,7-8,11H,2,5-6,9-10H2,1H3,(H,16,18). The number of halogens is 1. The molecule has 0 saturated carbocycles. The molecular weight excluding hydrogens is 247 g/mol. The minimum Gasteiger partial charge on any atom is -0.377 e. The van der Waals surface area contributed by atoms with Crippen LogP contribution in [0.1, 0.15) is 19.8 Å². The van der Waals surface area contributed by atoms with Gasteiger partial charge in [-0.25, -0.2) is 9.18 Å². The smallest absolute Gasteiger partial charge is 0.322 e. The van der Waals surface area contributed by atoms with E-state index in [1.807, 2.05) is 6.92 Å². The van der Waals surface area contributed by atoms with Gasteiger partial charge in [0.2, 0.25) is 0 Å². The topological polar surface area (TPSA) is 41.6 Å². The van der Waals surface area contributed by atoms with Gasteiger partial charge in [0, 0.05) is 19.7 Å². The normalized spacial score (nSPS) is 19.3. The molecule has 104 valence electrons. The number of para-hydroxylation sites is 1. The molecule has 4 nitrogen and oxygen atoms in total. The lowest BCUT2D eigenvalue weighted by atomic mass is 10.1. The molecule has 1 aliphatic heterocycles. The Morgan fingerprint density at radius 3 is 3.05 bits per heavy atom. The number of nitrogens with zero attached hydrogens (tertiary/aromatic N) is 1. The molecule has 1 unspecified atom stereocenters. The van der Waals surface area contributed by atoms with Crippen molar-refractivity contribution in [1.29, 1.82) is 0 Å². The molecule has 1 atom stereocenters. The highest BCUT2D eigenvalue weighted by Gasteiger charge is 2.24. The highest BCUT2D eigenvalue weighted by Crippen LogP contribution is 2.17. The number of piperidine rings is 1. The van der Waals surface area contributed by atoms with Crippen molar-refractivity contribution in [1.82, 2.24) is 4.90 Å². The maximum atomic E-state index is 13.5. The van der Waals surface area contributed by atoms with E-state index in [2.05, 4.69) is 5.32 Å². The lowest BCUT2D eigenvalue weighted by Crippen LogP contribution is -2.45. The molecule has 1 fully saturated rings. The Labute approximate surface area is 112 Å². The van der Waals surface area contributed by atoms with Crippen molar-refractivity contribution in [3.63, 3.8) is 0 Å². The summed E-state index contributed by atoms with van der Waals surface area (Å²) >= 11 is 0. The Bertz CT molecular complexity index is 437. The molecule has 1 N–H and O–H groups in total. The third-order valence-corrected chi connectivity index (χ3v) is 3.18. The van der Waals surface area contributed by atoms with E-state index in [0.29, 0.717) is 19.7 Å². The third-order valence-electron chi connectivity index (χ3n) is 3.18. The second kappa shape index (κ2) is 6.52. The quantitative estimate of drug-likeness (QED) is 0.914. The number of rotatable bonds is 3. The molecule has 0 spiro atoms. The molecule has 0 aromatic heterocycles. The van der Waals surface area contributed by atoms with Crippen LogP contribution < -0.4 is 5.32 Å². The van der Waals surface area contributed by atoms with E-state index in [0.717, 1.165) is 12.8 Å². The van der Waals surface area contributed by atoms with E-state index >= 15 is 0 Å². The molecule has 0 bridgehead atoms. The van der Waals surface area contributed by atoms with Gasteiger partial charge in [0.1, 0.15) is 5.82 Å². The predicted molar refractivity (Wildman–Crippen MR) is 71.6 cm³/mol. The summed E-state index contributed by atoms with van der Waals surface area (Å²) in [5.41, 5.74) is 0.214. The second-order valence-electron chi connectivity index (χ2n) is 4.58. The molecule has 1 aromatic carbocycles. The van der Waals surface area contributed by atoms with Gasteiger partial charge in [0.25, 0.3) is 0 Å². The molecule has 1 aliphatic rings. The van der Waals surface area contributed by atoms with Crippen LogP contribution in [-0.4, -0.2) is 36.7 Å². The SMILES string of the molecule is CCOC1CCCN(C(=O)Nc2ccccc2F)C1. The van der Waals surface area contributed by atoms with Crippen LogP contribution in [0.4, 0.5) is 14.9 Å². The highest BCUT2D eigenvalue weighted by atomic mass is 19.1. The molecule has 0 radical (unpaired) electrons. The van der Waals surface area contributed by atoms with Gasteiger partial charge in [-0.2, -0.15) is 0 Å². The zero-order chi connectivity index (χ0) is 13.7. The zero-order valence-corrected chi connectivity index (χ0v) is 11.1. The number of amides is 2. The Morgan fingerprint density at radius 1 is 1.53 bits per heavy atom. The minimum absolute atomic E-state index is 0.0881. The van der Waals surface area contributed by atoms with Crippen LogP contribution in [0.25, 0.3) is 0 Å². The number of benzene rings is 1. The number of anilines is 1. The van der Waals surface area contributed by atoms with Crippen LogP contribution in [0.5, 0.6) is 0 Å². The highest BCUT2D eigenvalue weighted by molar-refractivity contribution is 5.89.